The van der Waals surface area contributed by atoms with Crippen LogP contribution in [0.4, 0.5) is 5.95 Å². The van der Waals surface area contributed by atoms with Crippen molar-refractivity contribution in [2.24, 2.45) is 0 Å². The van der Waals surface area contributed by atoms with Gasteiger partial charge in [-0.15, -0.1) is 0 Å². The van der Waals surface area contributed by atoms with Crippen molar-refractivity contribution < 1.29 is 19.5 Å². The van der Waals surface area contributed by atoms with E-state index in [4.69, 9.17) is 14.6 Å². The maximum atomic E-state index is 10.5. The van der Waals surface area contributed by atoms with Crippen LogP contribution in [0.1, 0.15) is 0 Å². The molecule has 0 aliphatic rings. The van der Waals surface area contributed by atoms with Gasteiger partial charge >= 0.3 is 5.95 Å². The lowest BCUT2D eigenvalue weighted by molar-refractivity contribution is -0.396. The van der Waals surface area contributed by atoms with Gasteiger partial charge in [-0.25, -0.2) is 4.57 Å². The number of rotatable bonds is 9. The van der Waals surface area contributed by atoms with Crippen LogP contribution in [-0.2, 0) is 16.0 Å². The summed E-state index contributed by atoms with van der Waals surface area (Å²) in [5.41, 5.74) is 0. The van der Waals surface area contributed by atoms with Gasteiger partial charge in [-0.2, -0.15) is 0 Å². The van der Waals surface area contributed by atoms with Gasteiger partial charge in [-0.3, -0.25) is 0 Å². The van der Waals surface area contributed by atoms with Crippen LogP contribution in [0, 0.1) is 10.1 Å². The van der Waals surface area contributed by atoms with Crippen molar-refractivity contribution in [2.45, 2.75) is 6.54 Å². The summed E-state index contributed by atoms with van der Waals surface area (Å²) >= 11 is 0. The normalized spacial score (nSPS) is 10.6. The Morgan fingerprint density at radius 3 is 2.71 bits per heavy atom. The van der Waals surface area contributed by atoms with Crippen molar-refractivity contribution in [3.8, 4) is 0 Å². The molecular formula is C9H15N3O5. The Hall–Kier alpha value is -1.51. The Kier molecular flexibility index (Phi) is 6.15. The lowest BCUT2D eigenvalue weighted by atomic mass is 10.6. The molecule has 0 radical (unpaired) electrons. The fourth-order valence-electron chi connectivity index (χ4n) is 1.20. The number of aromatic nitrogens is 2. The summed E-state index contributed by atoms with van der Waals surface area (Å²) in [7, 11) is 0. The van der Waals surface area contributed by atoms with Crippen LogP contribution in [0.5, 0.6) is 0 Å². The number of nitrogens with zero attached hydrogens (tertiary/aromatic N) is 3. The molecule has 0 aliphatic carbocycles. The summed E-state index contributed by atoms with van der Waals surface area (Å²) in [5.74, 6) is -0.190. The maximum Gasteiger partial charge on any atom is 0.434 e. The Morgan fingerprint density at radius 1 is 1.35 bits per heavy atom. The fourth-order valence-corrected chi connectivity index (χ4v) is 1.20. The molecule has 1 N–H and O–H groups in total. The quantitative estimate of drug-likeness (QED) is 0.368. The van der Waals surface area contributed by atoms with Crippen molar-refractivity contribution in [1.29, 1.82) is 0 Å². The second kappa shape index (κ2) is 7.71. The first-order chi connectivity index (χ1) is 8.25. The summed E-state index contributed by atoms with van der Waals surface area (Å²) in [6.45, 7) is 1.78. The lowest BCUT2D eigenvalue weighted by Gasteiger charge is -2.04. The van der Waals surface area contributed by atoms with Crippen LogP contribution in [-0.4, -0.2) is 52.6 Å². The fraction of sp³-hybridized carbons (Fsp3) is 0.667. The maximum absolute atomic E-state index is 10.5. The zero-order valence-electron chi connectivity index (χ0n) is 9.32. The van der Waals surface area contributed by atoms with Crippen molar-refractivity contribution in [3.05, 3.63) is 22.5 Å². The third kappa shape index (κ3) is 4.89. The molecule has 17 heavy (non-hydrogen) atoms. The lowest BCUT2D eigenvalue weighted by Crippen LogP contribution is -2.12. The van der Waals surface area contributed by atoms with Crippen LogP contribution in [0.3, 0.4) is 0 Å². The topological polar surface area (TPSA) is 99.7 Å². The number of aliphatic hydroxyl groups excluding tert-OH is 1. The highest BCUT2D eigenvalue weighted by molar-refractivity contribution is 5.06. The minimum Gasteiger partial charge on any atom is -0.394 e. The minimum atomic E-state index is -0.537. The molecule has 1 aromatic heterocycles. The monoisotopic (exact) mass is 245 g/mol. The summed E-state index contributed by atoms with van der Waals surface area (Å²) < 4.78 is 11.6. The molecule has 0 atom stereocenters. The third-order valence-electron chi connectivity index (χ3n) is 1.94. The van der Waals surface area contributed by atoms with E-state index in [2.05, 4.69) is 4.98 Å². The summed E-state index contributed by atoms with van der Waals surface area (Å²) in [6, 6.07) is 0. The van der Waals surface area contributed by atoms with E-state index in [0.29, 0.717) is 26.4 Å². The Labute approximate surface area is 97.9 Å². The van der Waals surface area contributed by atoms with Crippen LogP contribution in [0.15, 0.2) is 12.4 Å². The van der Waals surface area contributed by atoms with Crippen LogP contribution < -0.4 is 0 Å². The van der Waals surface area contributed by atoms with Gasteiger partial charge in [0.25, 0.3) is 0 Å². The first-order valence-electron chi connectivity index (χ1n) is 5.17. The van der Waals surface area contributed by atoms with Gasteiger partial charge in [-0.1, -0.05) is 4.98 Å². The smallest absolute Gasteiger partial charge is 0.394 e. The number of ether oxygens (including phenoxy) is 2. The number of hydrogen-bond acceptors (Lipinski definition) is 6. The Morgan fingerprint density at radius 2 is 2.06 bits per heavy atom. The highest BCUT2D eigenvalue weighted by Crippen LogP contribution is 2.06. The average Bonchev–Trinajstić information content (AvgIpc) is 2.76. The van der Waals surface area contributed by atoms with Gasteiger partial charge in [0.1, 0.15) is 12.4 Å². The number of aliphatic hydroxyl groups is 1. The van der Waals surface area contributed by atoms with E-state index in [9.17, 15) is 10.1 Å². The molecule has 0 bridgehead atoms. The largest absolute Gasteiger partial charge is 0.434 e. The third-order valence-corrected chi connectivity index (χ3v) is 1.94. The van der Waals surface area contributed by atoms with Crippen molar-refractivity contribution in [1.82, 2.24) is 9.55 Å². The molecular weight excluding hydrogens is 230 g/mol. The summed E-state index contributed by atoms with van der Waals surface area (Å²) in [5, 5.41) is 19.0. The van der Waals surface area contributed by atoms with Gasteiger partial charge in [0, 0.05) is 0 Å². The van der Waals surface area contributed by atoms with Gasteiger partial charge in [0.15, 0.2) is 0 Å². The van der Waals surface area contributed by atoms with E-state index in [1.54, 1.807) is 0 Å². The molecule has 0 amide bonds. The predicted molar refractivity (Wildman–Crippen MR) is 57.6 cm³/mol. The van der Waals surface area contributed by atoms with E-state index >= 15 is 0 Å². The molecule has 0 saturated carbocycles. The van der Waals surface area contributed by atoms with Crippen molar-refractivity contribution in [2.75, 3.05) is 33.0 Å². The van der Waals surface area contributed by atoms with E-state index in [1.165, 1.54) is 17.0 Å². The van der Waals surface area contributed by atoms with Crippen molar-refractivity contribution in [3.63, 3.8) is 0 Å². The van der Waals surface area contributed by atoms with E-state index in [1.807, 2.05) is 0 Å². The van der Waals surface area contributed by atoms with Crippen LogP contribution in [0.25, 0.3) is 0 Å². The van der Waals surface area contributed by atoms with E-state index in [-0.39, 0.29) is 19.2 Å². The van der Waals surface area contributed by atoms with Gasteiger partial charge < -0.3 is 24.7 Å². The summed E-state index contributed by atoms with van der Waals surface area (Å²) in [4.78, 5) is 13.6. The standard InChI is InChI=1S/C9H15N3O5/c13-4-6-17-8-7-16-5-3-11-2-1-10-9(11)12(14)15/h1-2,13H,3-8H2. The molecule has 0 aliphatic heterocycles. The molecule has 1 aromatic rings. The van der Waals surface area contributed by atoms with Gasteiger partial charge in [0.2, 0.25) is 0 Å². The second-order valence-electron chi connectivity index (χ2n) is 3.13. The SMILES string of the molecule is O=[N+]([O-])c1nccn1CCOCCOCCO. The Bertz CT molecular complexity index is 341. The molecule has 0 fully saturated rings. The van der Waals surface area contributed by atoms with Crippen LogP contribution >= 0.6 is 0 Å². The molecule has 8 nitrogen and oxygen atoms in total. The van der Waals surface area contributed by atoms with Crippen LogP contribution in [0.2, 0.25) is 0 Å². The first kappa shape index (κ1) is 13.6. The van der Waals surface area contributed by atoms with Gasteiger partial charge in [0.05, 0.1) is 39.6 Å². The Balaban J connectivity index is 2.14. The van der Waals surface area contributed by atoms with E-state index < -0.39 is 4.92 Å². The first-order valence-corrected chi connectivity index (χ1v) is 5.17. The molecule has 1 heterocycles. The molecule has 1 rings (SSSR count). The molecule has 0 aromatic carbocycles. The van der Waals surface area contributed by atoms with Crippen molar-refractivity contribution >= 4 is 5.95 Å². The number of nitro groups is 1. The zero-order valence-corrected chi connectivity index (χ0v) is 9.32. The summed E-state index contributed by atoms with van der Waals surface area (Å²) in [6.07, 6.45) is 2.91. The molecule has 96 valence electrons. The highest BCUT2D eigenvalue weighted by Gasteiger charge is 2.12. The average molecular weight is 245 g/mol. The number of hydrogen-bond donors (Lipinski definition) is 1. The minimum absolute atomic E-state index is 0.0127. The van der Waals surface area contributed by atoms with Gasteiger partial charge in [-0.05, 0) is 4.92 Å². The van der Waals surface area contributed by atoms with E-state index in [0.717, 1.165) is 0 Å². The molecule has 0 unspecified atom stereocenters. The second-order valence-corrected chi connectivity index (χ2v) is 3.13. The highest BCUT2D eigenvalue weighted by atomic mass is 16.6. The predicted octanol–water partition coefficient (Wildman–Crippen LogP) is -0.183. The zero-order chi connectivity index (χ0) is 12.5. The molecule has 0 spiro atoms. The molecule has 0 saturated heterocycles. The molecule has 8 heteroatoms. The number of imidazole rings is 1.